The van der Waals surface area contributed by atoms with Crippen LogP contribution in [0.2, 0.25) is 0 Å². The van der Waals surface area contributed by atoms with Crippen molar-refractivity contribution in [1.82, 2.24) is 19.5 Å². The molecule has 8 nitrogen and oxygen atoms in total. The molecular formula is C18H24N6O2. The van der Waals surface area contributed by atoms with Gasteiger partial charge >= 0.3 is 0 Å². The summed E-state index contributed by atoms with van der Waals surface area (Å²) in [4.78, 5) is 15.6. The van der Waals surface area contributed by atoms with Crippen LogP contribution in [0.4, 0.5) is 17.5 Å². The van der Waals surface area contributed by atoms with Crippen LogP contribution in [0, 0.1) is 0 Å². The summed E-state index contributed by atoms with van der Waals surface area (Å²) in [6.07, 6.45) is 1.76. The molecule has 0 spiro atoms. The van der Waals surface area contributed by atoms with Gasteiger partial charge in [0.2, 0.25) is 5.95 Å². The topological polar surface area (TPSA) is 99.3 Å². The zero-order chi connectivity index (χ0) is 18.7. The Kier molecular flexibility index (Phi) is 5.34. The minimum atomic E-state index is -0.530. The summed E-state index contributed by atoms with van der Waals surface area (Å²) in [5.41, 5.74) is 2.36. The van der Waals surface area contributed by atoms with Gasteiger partial charge in [-0.05, 0) is 26.0 Å². The smallest absolute Gasteiger partial charge is 0.227 e. The lowest BCUT2D eigenvalue weighted by Gasteiger charge is -2.21. The normalized spacial score (nSPS) is 11.5. The molecule has 0 aliphatic heterocycles. The Labute approximate surface area is 152 Å². The first-order valence-corrected chi connectivity index (χ1v) is 8.56. The molecule has 0 aliphatic carbocycles. The van der Waals surface area contributed by atoms with Crippen LogP contribution in [0.1, 0.15) is 19.9 Å². The molecule has 0 saturated heterocycles. The lowest BCUT2D eigenvalue weighted by Crippen LogP contribution is -2.29. The molecular weight excluding hydrogens is 332 g/mol. The standard InChI is InChI=1S/C18H24N6O2/c1-12(2)24-11-19-15-16(23(3)14-7-5-4-6-8-14)21-18(22-17(15)24)20-13(9-25)10-26/h4-8,11-13,25-26H,9-10H2,1-3H3,(H,20,21,22). The molecule has 2 aromatic heterocycles. The van der Waals surface area contributed by atoms with Crippen molar-refractivity contribution in [3.63, 3.8) is 0 Å². The number of hydrogen-bond donors (Lipinski definition) is 3. The van der Waals surface area contributed by atoms with E-state index in [1.807, 2.05) is 46.8 Å². The van der Waals surface area contributed by atoms with Crippen molar-refractivity contribution in [2.75, 3.05) is 30.5 Å². The van der Waals surface area contributed by atoms with E-state index < -0.39 is 6.04 Å². The molecule has 0 fully saturated rings. The Bertz CT molecular complexity index is 861. The van der Waals surface area contributed by atoms with Gasteiger partial charge in [0.25, 0.3) is 0 Å². The molecule has 3 N–H and O–H groups in total. The first-order valence-electron chi connectivity index (χ1n) is 8.56. The van der Waals surface area contributed by atoms with Crippen molar-refractivity contribution >= 4 is 28.6 Å². The second-order valence-electron chi connectivity index (χ2n) is 6.39. The van der Waals surface area contributed by atoms with Crippen molar-refractivity contribution in [3.8, 4) is 0 Å². The Morgan fingerprint density at radius 1 is 1.12 bits per heavy atom. The molecule has 0 aliphatic rings. The number of imidazole rings is 1. The second-order valence-corrected chi connectivity index (χ2v) is 6.39. The van der Waals surface area contributed by atoms with E-state index in [9.17, 15) is 10.2 Å². The van der Waals surface area contributed by atoms with Gasteiger partial charge in [-0.2, -0.15) is 9.97 Å². The van der Waals surface area contributed by atoms with Crippen molar-refractivity contribution in [1.29, 1.82) is 0 Å². The molecule has 138 valence electrons. The molecule has 8 heteroatoms. The van der Waals surface area contributed by atoms with E-state index >= 15 is 0 Å². The lowest BCUT2D eigenvalue weighted by molar-refractivity contribution is 0.203. The molecule has 1 aromatic carbocycles. The average Bonchev–Trinajstić information content (AvgIpc) is 3.09. The maximum absolute atomic E-state index is 9.35. The fourth-order valence-electron chi connectivity index (χ4n) is 2.68. The largest absolute Gasteiger partial charge is 0.394 e. The van der Waals surface area contributed by atoms with Gasteiger partial charge in [-0.25, -0.2) is 4.98 Å². The molecule has 0 unspecified atom stereocenters. The fourth-order valence-corrected chi connectivity index (χ4v) is 2.68. The van der Waals surface area contributed by atoms with Gasteiger partial charge < -0.3 is 25.0 Å². The number of anilines is 3. The average molecular weight is 356 g/mol. The second kappa shape index (κ2) is 7.67. The van der Waals surface area contributed by atoms with Crippen molar-refractivity contribution < 1.29 is 10.2 Å². The molecule has 0 atom stereocenters. The third-order valence-corrected chi connectivity index (χ3v) is 4.19. The van der Waals surface area contributed by atoms with E-state index in [2.05, 4.69) is 34.1 Å². The highest BCUT2D eigenvalue weighted by atomic mass is 16.3. The van der Waals surface area contributed by atoms with Crippen LogP contribution in [0.25, 0.3) is 11.2 Å². The first-order chi connectivity index (χ1) is 12.5. The number of aliphatic hydroxyl groups excluding tert-OH is 2. The number of aromatic nitrogens is 4. The minimum Gasteiger partial charge on any atom is -0.394 e. The van der Waals surface area contributed by atoms with Gasteiger partial charge in [0.15, 0.2) is 17.0 Å². The summed E-state index contributed by atoms with van der Waals surface area (Å²) in [6.45, 7) is 3.68. The summed E-state index contributed by atoms with van der Waals surface area (Å²) in [6, 6.07) is 9.52. The lowest BCUT2D eigenvalue weighted by atomic mass is 10.3. The van der Waals surface area contributed by atoms with Gasteiger partial charge in [0, 0.05) is 18.8 Å². The molecule has 3 rings (SSSR count). The van der Waals surface area contributed by atoms with Crippen LogP contribution in [0.15, 0.2) is 36.7 Å². The fraction of sp³-hybridized carbons (Fsp3) is 0.389. The molecule has 0 radical (unpaired) electrons. The zero-order valence-electron chi connectivity index (χ0n) is 15.2. The summed E-state index contributed by atoms with van der Waals surface area (Å²) in [5, 5.41) is 21.7. The highest BCUT2D eigenvalue weighted by Crippen LogP contribution is 2.30. The number of hydrogen-bond acceptors (Lipinski definition) is 7. The number of rotatable bonds is 7. The van der Waals surface area contributed by atoms with Gasteiger partial charge in [-0.3, -0.25) is 0 Å². The Balaban J connectivity index is 2.13. The molecule has 26 heavy (non-hydrogen) atoms. The van der Waals surface area contributed by atoms with Crippen LogP contribution in [-0.4, -0.2) is 56.0 Å². The van der Waals surface area contributed by atoms with Crippen LogP contribution in [0.5, 0.6) is 0 Å². The predicted octanol–water partition coefficient (Wildman–Crippen LogP) is 1.94. The van der Waals surface area contributed by atoms with Crippen molar-refractivity contribution in [2.24, 2.45) is 0 Å². The molecule has 2 heterocycles. The van der Waals surface area contributed by atoms with E-state index in [1.165, 1.54) is 0 Å². The number of aliphatic hydroxyl groups is 2. The quantitative estimate of drug-likeness (QED) is 0.595. The van der Waals surface area contributed by atoms with E-state index in [0.29, 0.717) is 22.9 Å². The van der Waals surface area contributed by atoms with Gasteiger partial charge in [0.05, 0.1) is 25.6 Å². The third-order valence-electron chi connectivity index (χ3n) is 4.19. The van der Waals surface area contributed by atoms with Crippen LogP contribution in [-0.2, 0) is 0 Å². The SMILES string of the molecule is CC(C)n1cnc2c(N(C)c3ccccc3)nc(NC(CO)CO)nc21. The predicted molar refractivity (Wildman–Crippen MR) is 102 cm³/mol. The Hall–Kier alpha value is -2.71. The summed E-state index contributed by atoms with van der Waals surface area (Å²) in [5.74, 6) is 0.989. The summed E-state index contributed by atoms with van der Waals surface area (Å²) < 4.78 is 1.97. The number of nitrogens with zero attached hydrogens (tertiary/aromatic N) is 5. The Morgan fingerprint density at radius 2 is 1.81 bits per heavy atom. The van der Waals surface area contributed by atoms with E-state index in [0.717, 1.165) is 5.69 Å². The minimum absolute atomic E-state index is 0.184. The molecule has 0 bridgehead atoms. The highest BCUT2D eigenvalue weighted by Gasteiger charge is 2.19. The summed E-state index contributed by atoms with van der Waals surface area (Å²) in [7, 11) is 1.92. The maximum atomic E-state index is 9.35. The van der Waals surface area contributed by atoms with Crippen LogP contribution in [0.3, 0.4) is 0 Å². The zero-order valence-corrected chi connectivity index (χ0v) is 15.2. The molecule has 0 saturated carbocycles. The van der Waals surface area contributed by atoms with Crippen LogP contribution < -0.4 is 10.2 Å². The van der Waals surface area contributed by atoms with E-state index in [1.54, 1.807) is 6.33 Å². The third kappa shape index (κ3) is 3.47. The number of para-hydroxylation sites is 1. The molecule has 3 aromatic rings. The van der Waals surface area contributed by atoms with Gasteiger partial charge in [0.1, 0.15) is 0 Å². The summed E-state index contributed by atoms with van der Waals surface area (Å²) >= 11 is 0. The van der Waals surface area contributed by atoms with E-state index in [-0.39, 0.29) is 19.3 Å². The first kappa shape index (κ1) is 18.1. The van der Waals surface area contributed by atoms with Gasteiger partial charge in [-0.15, -0.1) is 0 Å². The number of nitrogens with one attached hydrogen (secondary N) is 1. The maximum Gasteiger partial charge on any atom is 0.227 e. The molecule has 0 amide bonds. The van der Waals surface area contributed by atoms with Gasteiger partial charge in [-0.1, -0.05) is 18.2 Å². The Morgan fingerprint density at radius 3 is 2.42 bits per heavy atom. The van der Waals surface area contributed by atoms with E-state index in [4.69, 9.17) is 0 Å². The highest BCUT2D eigenvalue weighted by molar-refractivity contribution is 5.87. The van der Waals surface area contributed by atoms with Crippen molar-refractivity contribution in [2.45, 2.75) is 25.9 Å². The monoisotopic (exact) mass is 356 g/mol. The number of benzene rings is 1. The number of fused-ring (bicyclic) bond motifs is 1. The van der Waals surface area contributed by atoms with Crippen molar-refractivity contribution in [3.05, 3.63) is 36.7 Å². The van der Waals surface area contributed by atoms with Crippen LogP contribution >= 0.6 is 0 Å².